The van der Waals surface area contributed by atoms with Crippen LogP contribution in [0.15, 0.2) is 28.8 Å². The summed E-state index contributed by atoms with van der Waals surface area (Å²) in [7, 11) is 0. The lowest BCUT2D eigenvalue weighted by Crippen LogP contribution is -2.34. The minimum Gasteiger partial charge on any atom is -0.454 e. The van der Waals surface area contributed by atoms with E-state index in [0.717, 1.165) is 24.3 Å². The van der Waals surface area contributed by atoms with E-state index in [9.17, 15) is 4.79 Å². The van der Waals surface area contributed by atoms with Crippen molar-refractivity contribution in [1.29, 1.82) is 0 Å². The van der Waals surface area contributed by atoms with Crippen molar-refractivity contribution in [2.24, 2.45) is 0 Å². The van der Waals surface area contributed by atoms with Gasteiger partial charge in [-0.3, -0.25) is 0 Å². The number of nitrogens with zero attached hydrogens (tertiary/aromatic N) is 2. The monoisotopic (exact) mass is 315 g/mol. The van der Waals surface area contributed by atoms with Crippen LogP contribution in [0, 0.1) is 6.92 Å². The van der Waals surface area contributed by atoms with Gasteiger partial charge in [-0.15, -0.1) is 0 Å². The molecule has 1 saturated heterocycles. The van der Waals surface area contributed by atoms with Crippen molar-refractivity contribution in [2.45, 2.75) is 25.8 Å². The number of carbonyl (C=O) groups excluding carboxylic acids is 1. The first-order chi connectivity index (χ1) is 11.2. The third-order valence-corrected chi connectivity index (χ3v) is 4.13. The lowest BCUT2D eigenvalue weighted by atomic mass is 10.1. The minimum atomic E-state index is -0.146. The van der Waals surface area contributed by atoms with E-state index < -0.39 is 0 Å². The van der Waals surface area contributed by atoms with Gasteiger partial charge in [0.1, 0.15) is 11.5 Å². The fourth-order valence-electron chi connectivity index (χ4n) is 3.03. The van der Waals surface area contributed by atoms with Gasteiger partial charge in [0.15, 0.2) is 11.5 Å². The average Bonchev–Trinajstić information content (AvgIpc) is 3.26. The first kappa shape index (κ1) is 13.9. The summed E-state index contributed by atoms with van der Waals surface area (Å²) in [6.07, 6.45) is 1.84. The summed E-state index contributed by atoms with van der Waals surface area (Å²) in [4.78, 5) is 14.4. The van der Waals surface area contributed by atoms with E-state index in [2.05, 4.69) is 10.5 Å². The number of urea groups is 1. The zero-order valence-electron chi connectivity index (χ0n) is 12.7. The first-order valence-electron chi connectivity index (χ1n) is 7.61. The second-order valence-corrected chi connectivity index (χ2v) is 5.71. The highest BCUT2D eigenvalue weighted by Crippen LogP contribution is 2.35. The quantitative estimate of drug-likeness (QED) is 0.921. The number of hydrogen-bond donors (Lipinski definition) is 1. The Kier molecular flexibility index (Phi) is 3.33. The molecule has 1 aromatic heterocycles. The van der Waals surface area contributed by atoms with E-state index in [4.69, 9.17) is 14.0 Å². The predicted octanol–water partition coefficient (Wildman–Crippen LogP) is 3.08. The molecule has 1 fully saturated rings. The van der Waals surface area contributed by atoms with Gasteiger partial charge in [-0.2, -0.15) is 0 Å². The summed E-state index contributed by atoms with van der Waals surface area (Å²) in [5.41, 5.74) is 1.49. The maximum absolute atomic E-state index is 12.6. The number of rotatable bonds is 2. The summed E-state index contributed by atoms with van der Waals surface area (Å²) < 4.78 is 15.7. The molecule has 7 heteroatoms. The molecule has 0 aliphatic carbocycles. The van der Waals surface area contributed by atoms with E-state index in [0.29, 0.717) is 23.7 Å². The number of amides is 2. The van der Waals surface area contributed by atoms with Crippen LogP contribution in [0.2, 0.25) is 0 Å². The highest BCUT2D eigenvalue weighted by Gasteiger charge is 2.32. The van der Waals surface area contributed by atoms with Gasteiger partial charge in [0.25, 0.3) is 0 Å². The van der Waals surface area contributed by atoms with E-state index in [-0.39, 0.29) is 18.9 Å². The molecule has 1 aromatic carbocycles. The second kappa shape index (κ2) is 5.49. The molecule has 2 amide bonds. The molecule has 1 N–H and O–H groups in total. The van der Waals surface area contributed by atoms with E-state index in [1.807, 2.05) is 13.0 Å². The maximum atomic E-state index is 12.6. The molecule has 0 bridgehead atoms. The van der Waals surface area contributed by atoms with E-state index in [1.165, 1.54) is 0 Å². The predicted molar refractivity (Wildman–Crippen MR) is 81.5 cm³/mol. The molecule has 1 atom stereocenters. The maximum Gasteiger partial charge on any atom is 0.322 e. The third-order valence-electron chi connectivity index (χ3n) is 4.13. The molecule has 4 rings (SSSR count). The second-order valence-electron chi connectivity index (χ2n) is 5.71. The molecule has 2 aliphatic rings. The zero-order valence-corrected chi connectivity index (χ0v) is 12.7. The average molecular weight is 315 g/mol. The molecule has 2 aromatic rings. The van der Waals surface area contributed by atoms with Gasteiger partial charge in [0.2, 0.25) is 6.79 Å². The Bertz CT molecular complexity index is 743. The summed E-state index contributed by atoms with van der Waals surface area (Å²) >= 11 is 0. The van der Waals surface area contributed by atoms with E-state index in [1.54, 1.807) is 23.1 Å². The molecule has 3 heterocycles. The molecule has 2 aliphatic heterocycles. The number of aryl methyl sites for hydroxylation is 1. The van der Waals surface area contributed by atoms with Crippen LogP contribution in [0.4, 0.5) is 10.5 Å². The SMILES string of the molecule is Cc1cc([C@H]2CCCN2C(=O)Nc2ccc3c(c2)OCO3)no1. The Hall–Kier alpha value is -2.70. The first-order valence-corrected chi connectivity index (χ1v) is 7.61. The van der Waals surface area contributed by atoms with Crippen LogP contribution < -0.4 is 14.8 Å². The van der Waals surface area contributed by atoms with Crippen molar-refractivity contribution in [3.63, 3.8) is 0 Å². The Morgan fingerprint density at radius 2 is 2.17 bits per heavy atom. The molecule has 120 valence electrons. The molecular weight excluding hydrogens is 298 g/mol. The number of carbonyl (C=O) groups is 1. The number of aromatic nitrogens is 1. The van der Waals surface area contributed by atoms with Gasteiger partial charge < -0.3 is 24.2 Å². The van der Waals surface area contributed by atoms with Crippen molar-refractivity contribution >= 4 is 11.7 Å². The van der Waals surface area contributed by atoms with Crippen molar-refractivity contribution in [3.8, 4) is 11.5 Å². The van der Waals surface area contributed by atoms with Gasteiger partial charge in [-0.1, -0.05) is 5.16 Å². The molecule has 0 unspecified atom stereocenters. The number of likely N-dealkylation sites (tertiary alicyclic amines) is 1. The van der Waals surface area contributed by atoms with Gasteiger partial charge >= 0.3 is 6.03 Å². The topological polar surface area (TPSA) is 76.8 Å². The fourth-order valence-corrected chi connectivity index (χ4v) is 3.03. The fraction of sp³-hybridized carbons (Fsp3) is 0.375. The Morgan fingerprint density at radius 1 is 1.30 bits per heavy atom. The number of anilines is 1. The molecule has 0 saturated carbocycles. The van der Waals surface area contributed by atoms with Crippen LogP contribution in [-0.2, 0) is 0 Å². The normalized spacial score (nSPS) is 19.2. The summed E-state index contributed by atoms with van der Waals surface area (Å²) in [6.45, 7) is 2.77. The summed E-state index contributed by atoms with van der Waals surface area (Å²) in [5, 5.41) is 6.96. The van der Waals surface area contributed by atoms with E-state index >= 15 is 0 Å². The van der Waals surface area contributed by atoms with Crippen molar-refractivity contribution in [2.75, 3.05) is 18.7 Å². The zero-order chi connectivity index (χ0) is 15.8. The Balaban J connectivity index is 1.50. The van der Waals surface area contributed by atoms with Gasteiger partial charge in [0.05, 0.1) is 6.04 Å². The van der Waals surface area contributed by atoms with Gasteiger partial charge in [0, 0.05) is 24.4 Å². The van der Waals surface area contributed by atoms with Crippen molar-refractivity contribution < 1.29 is 18.8 Å². The molecule has 7 nitrogen and oxygen atoms in total. The number of ether oxygens (including phenoxy) is 2. The largest absolute Gasteiger partial charge is 0.454 e. The van der Waals surface area contributed by atoms with Crippen LogP contribution in [-0.4, -0.2) is 29.4 Å². The number of benzene rings is 1. The third kappa shape index (κ3) is 2.58. The lowest BCUT2D eigenvalue weighted by molar-refractivity contribution is 0.174. The Morgan fingerprint density at radius 3 is 3.00 bits per heavy atom. The van der Waals surface area contributed by atoms with Crippen LogP contribution in [0.3, 0.4) is 0 Å². The minimum absolute atomic E-state index is 0.0403. The van der Waals surface area contributed by atoms with Crippen LogP contribution in [0.1, 0.15) is 30.3 Å². The lowest BCUT2D eigenvalue weighted by Gasteiger charge is -2.23. The smallest absolute Gasteiger partial charge is 0.322 e. The molecular formula is C16H17N3O4. The number of nitrogens with one attached hydrogen (secondary N) is 1. The van der Waals surface area contributed by atoms with Crippen LogP contribution >= 0.6 is 0 Å². The highest BCUT2D eigenvalue weighted by atomic mass is 16.7. The summed E-state index contributed by atoms with van der Waals surface area (Å²) in [5.74, 6) is 2.09. The van der Waals surface area contributed by atoms with Crippen LogP contribution in [0.25, 0.3) is 0 Å². The number of hydrogen-bond acceptors (Lipinski definition) is 5. The summed E-state index contributed by atoms with van der Waals surface area (Å²) in [6, 6.07) is 7.06. The molecule has 0 spiro atoms. The Labute approximate surface area is 133 Å². The molecule has 23 heavy (non-hydrogen) atoms. The highest BCUT2D eigenvalue weighted by molar-refractivity contribution is 5.90. The number of fused-ring (bicyclic) bond motifs is 1. The van der Waals surface area contributed by atoms with Crippen LogP contribution in [0.5, 0.6) is 11.5 Å². The van der Waals surface area contributed by atoms with Gasteiger partial charge in [-0.05, 0) is 31.9 Å². The standard InChI is InChI=1S/C16H17N3O4/c1-10-7-12(18-23-10)13-3-2-6-19(13)16(20)17-11-4-5-14-15(8-11)22-9-21-14/h4-5,7-8,13H,2-3,6,9H2,1H3,(H,17,20)/t13-/m1/s1. The van der Waals surface area contributed by atoms with Gasteiger partial charge in [-0.25, -0.2) is 4.79 Å². The van der Waals surface area contributed by atoms with Crippen molar-refractivity contribution in [3.05, 3.63) is 35.7 Å². The molecule has 0 radical (unpaired) electrons. The van der Waals surface area contributed by atoms with Crippen molar-refractivity contribution in [1.82, 2.24) is 10.1 Å².